The number of carbonyl (C=O) groups is 2. The van der Waals surface area contributed by atoms with E-state index in [0.717, 1.165) is 10.4 Å². The number of thiophene rings is 1. The summed E-state index contributed by atoms with van der Waals surface area (Å²) in [5, 5.41) is 15.3. The average molecular weight is 361 g/mol. The Balaban J connectivity index is 2.00. The van der Waals surface area contributed by atoms with Gasteiger partial charge in [-0.1, -0.05) is 6.07 Å². The molecule has 1 heterocycles. The van der Waals surface area contributed by atoms with Gasteiger partial charge in [0.15, 0.2) is 0 Å². The number of aryl methyl sites for hydroxylation is 1. The summed E-state index contributed by atoms with van der Waals surface area (Å²) < 4.78 is 0. The van der Waals surface area contributed by atoms with Gasteiger partial charge in [-0.15, -0.1) is 11.3 Å². The summed E-state index contributed by atoms with van der Waals surface area (Å²) in [5.74, 6) is -0.753. The maximum atomic E-state index is 12.4. The highest BCUT2D eigenvalue weighted by atomic mass is 32.1. The molecule has 0 radical (unpaired) electrons. The van der Waals surface area contributed by atoms with E-state index < -0.39 is 16.9 Å². The quantitative estimate of drug-likeness (QED) is 0.632. The molecule has 2 rings (SSSR count). The normalized spacial score (nSPS) is 11.6. The standard InChI is InChI=1S/C17H19N3O4S/c1-11-7-8-25-15(11)10-19(3)17(22)12(2)18-16(21)13-5-4-6-14(9-13)20(23)24/h4-9,12H,10H2,1-3H3,(H,18,21). The van der Waals surface area contributed by atoms with Crippen LogP contribution < -0.4 is 5.32 Å². The molecule has 0 aliphatic heterocycles. The van der Waals surface area contributed by atoms with Crippen molar-refractivity contribution >= 4 is 28.8 Å². The highest BCUT2D eigenvalue weighted by Crippen LogP contribution is 2.18. The summed E-state index contributed by atoms with van der Waals surface area (Å²) in [6, 6.07) is 6.65. The summed E-state index contributed by atoms with van der Waals surface area (Å²) in [7, 11) is 1.68. The van der Waals surface area contributed by atoms with E-state index in [0.29, 0.717) is 6.54 Å². The van der Waals surface area contributed by atoms with Crippen molar-refractivity contribution in [1.29, 1.82) is 0 Å². The van der Waals surface area contributed by atoms with Gasteiger partial charge in [0.25, 0.3) is 11.6 Å². The number of amides is 2. The van der Waals surface area contributed by atoms with Crippen LogP contribution in [0.25, 0.3) is 0 Å². The number of hydrogen-bond acceptors (Lipinski definition) is 5. The zero-order chi connectivity index (χ0) is 18.6. The monoisotopic (exact) mass is 361 g/mol. The molecule has 25 heavy (non-hydrogen) atoms. The van der Waals surface area contributed by atoms with Gasteiger partial charge < -0.3 is 10.2 Å². The van der Waals surface area contributed by atoms with E-state index in [1.165, 1.54) is 24.3 Å². The molecule has 1 aromatic carbocycles. The number of carbonyl (C=O) groups excluding carboxylic acids is 2. The summed E-state index contributed by atoms with van der Waals surface area (Å²) in [5.41, 5.74) is 1.10. The second kappa shape index (κ2) is 7.89. The number of rotatable bonds is 6. The molecular weight excluding hydrogens is 342 g/mol. The lowest BCUT2D eigenvalue weighted by Gasteiger charge is -2.22. The number of nitro groups is 1. The van der Waals surface area contributed by atoms with Crippen LogP contribution in [-0.4, -0.2) is 34.7 Å². The van der Waals surface area contributed by atoms with E-state index in [2.05, 4.69) is 5.32 Å². The molecule has 2 amide bonds. The Bertz CT molecular complexity index is 803. The maximum Gasteiger partial charge on any atom is 0.270 e. The third kappa shape index (κ3) is 4.63. The number of nitrogens with one attached hydrogen (secondary N) is 1. The summed E-state index contributed by atoms with van der Waals surface area (Å²) >= 11 is 1.58. The Kier molecular flexibility index (Phi) is 5.87. The number of likely N-dealkylation sites (N-methyl/N-ethyl adjacent to an activating group) is 1. The minimum atomic E-state index is -0.739. The predicted octanol–water partition coefficient (Wildman–Crippen LogP) is 2.74. The minimum Gasteiger partial charge on any atom is -0.341 e. The molecule has 0 saturated carbocycles. The lowest BCUT2D eigenvalue weighted by molar-refractivity contribution is -0.384. The van der Waals surface area contributed by atoms with Crippen LogP contribution >= 0.6 is 11.3 Å². The maximum absolute atomic E-state index is 12.4. The first kappa shape index (κ1) is 18.6. The third-order valence-corrected chi connectivity index (χ3v) is 4.77. The van der Waals surface area contributed by atoms with Gasteiger partial charge in [-0.05, 0) is 36.9 Å². The first-order chi connectivity index (χ1) is 11.8. The van der Waals surface area contributed by atoms with Crippen molar-refractivity contribution in [3.63, 3.8) is 0 Å². The molecule has 0 saturated heterocycles. The number of nitrogens with zero attached hydrogens (tertiary/aromatic N) is 2. The van der Waals surface area contributed by atoms with Crippen molar-refractivity contribution in [3.8, 4) is 0 Å². The minimum absolute atomic E-state index is 0.144. The van der Waals surface area contributed by atoms with Gasteiger partial charge in [-0.25, -0.2) is 0 Å². The van der Waals surface area contributed by atoms with Crippen LogP contribution in [0.4, 0.5) is 5.69 Å². The van der Waals surface area contributed by atoms with Crippen molar-refractivity contribution in [1.82, 2.24) is 10.2 Å². The van der Waals surface area contributed by atoms with Crippen LogP contribution in [0.15, 0.2) is 35.7 Å². The summed E-state index contributed by atoms with van der Waals surface area (Å²) in [6.07, 6.45) is 0. The smallest absolute Gasteiger partial charge is 0.270 e. The first-order valence-corrected chi connectivity index (χ1v) is 8.51. The van der Waals surface area contributed by atoms with E-state index in [9.17, 15) is 19.7 Å². The van der Waals surface area contributed by atoms with Gasteiger partial charge >= 0.3 is 0 Å². The third-order valence-electron chi connectivity index (χ3n) is 3.76. The molecule has 0 bridgehead atoms. The van der Waals surface area contributed by atoms with E-state index in [1.807, 2.05) is 18.4 Å². The van der Waals surface area contributed by atoms with Gasteiger partial charge in [-0.3, -0.25) is 19.7 Å². The van der Waals surface area contributed by atoms with Crippen molar-refractivity contribution in [3.05, 3.63) is 61.8 Å². The molecule has 0 aliphatic rings. The molecule has 8 heteroatoms. The topological polar surface area (TPSA) is 92.6 Å². The van der Waals surface area contributed by atoms with Crippen LogP contribution in [0.2, 0.25) is 0 Å². The number of hydrogen-bond donors (Lipinski definition) is 1. The van der Waals surface area contributed by atoms with E-state index >= 15 is 0 Å². The average Bonchev–Trinajstić information content (AvgIpc) is 2.98. The Morgan fingerprint density at radius 2 is 2.08 bits per heavy atom. The molecule has 132 valence electrons. The van der Waals surface area contributed by atoms with Crippen LogP contribution in [0.5, 0.6) is 0 Å². The molecule has 2 aromatic rings. The second-order valence-electron chi connectivity index (χ2n) is 5.72. The molecule has 1 unspecified atom stereocenters. The highest BCUT2D eigenvalue weighted by molar-refractivity contribution is 7.10. The Labute approximate surface area is 149 Å². The largest absolute Gasteiger partial charge is 0.341 e. The van der Waals surface area contributed by atoms with E-state index in [1.54, 1.807) is 30.2 Å². The van der Waals surface area contributed by atoms with Crippen LogP contribution in [-0.2, 0) is 11.3 Å². The fraction of sp³-hybridized carbons (Fsp3) is 0.294. The lowest BCUT2D eigenvalue weighted by Crippen LogP contribution is -2.45. The number of nitro benzene ring substituents is 1. The predicted molar refractivity (Wildman–Crippen MR) is 95.6 cm³/mol. The SMILES string of the molecule is Cc1ccsc1CN(C)C(=O)C(C)NC(=O)c1cccc([N+](=O)[O-])c1. The van der Waals surface area contributed by atoms with E-state index in [4.69, 9.17) is 0 Å². The van der Waals surface area contributed by atoms with Crippen LogP contribution in [0.3, 0.4) is 0 Å². The Morgan fingerprint density at radius 1 is 1.36 bits per heavy atom. The zero-order valence-corrected chi connectivity index (χ0v) is 15.0. The molecule has 0 fully saturated rings. The second-order valence-corrected chi connectivity index (χ2v) is 6.72. The zero-order valence-electron chi connectivity index (χ0n) is 14.2. The molecular formula is C17H19N3O4S. The van der Waals surface area contributed by atoms with Crippen LogP contribution in [0.1, 0.15) is 27.7 Å². The summed E-state index contributed by atoms with van der Waals surface area (Å²) in [4.78, 5) is 37.5. The van der Waals surface area contributed by atoms with Crippen molar-refractivity contribution in [2.75, 3.05) is 7.05 Å². The van der Waals surface area contributed by atoms with Gasteiger partial charge in [-0.2, -0.15) is 0 Å². The molecule has 1 atom stereocenters. The Hall–Kier alpha value is -2.74. The van der Waals surface area contributed by atoms with Gasteiger partial charge in [0.2, 0.25) is 5.91 Å². The first-order valence-electron chi connectivity index (χ1n) is 7.63. The van der Waals surface area contributed by atoms with Gasteiger partial charge in [0, 0.05) is 29.6 Å². The molecule has 1 aromatic heterocycles. The molecule has 1 N–H and O–H groups in total. The van der Waals surface area contributed by atoms with Crippen molar-refractivity contribution in [2.45, 2.75) is 26.4 Å². The van der Waals surface area contributed by atoms with Crippen molar-refractivity contribution in [2.24, 2.45) is 0 Å². The number of non-ortho nitro benzene ring substituents is 1. The fourth-order valence-electron chi connectivity index (χ4n) is 2.29. The van der Waals surface area contributed by atoms with Crippen LogP contribution in [0, 0.1) is 17.0 Å². The molecule has 7 nitrogen and oxygen atoms in total. The summed E-state index contributed by atoms with van der Waals surface area (Å²) in [6.45, 7) is 4.05. The Morgan fingerprint density at radius 3 is 2.68 bits per heavy atom. The van der Waals surface area contributed by atoms with Gasteiger partial charge in [0.1, 0.15) is 6.04 Å². The van der Waals surface area contributed by atoms with E-state index in [-0.39, 0.29) is 17.2 Å². The molecule has 0 spiro atoms. The highest BCUT2D eigenvalue weighted by Gasteiger charge is 2.21. The lowest BCUT2D eigenvalue weighted by atomic mass is 10.1. The number of benzene rings is 1. The molecule has 0 aliphatic carbocycles. The van der Waals surface area contributed by atoms with Crippen molar-refractivity contribution < 1.29 is 14.5 Å². The van der Waals surface area contributed by atoms with Gasteiger partial charge in [0.05, 0.1) is 11.5 Å². The fourth-order valence-corrected chi connectivity index (χ4v) is 3.25.